The number of halogens is 2. The van der Waals surface area contributed by atoms with Gasteiger partial charge in [0.25, 0.3) is 5.56 Å². The SMILES string of the molecule is CCOc1ccc([C@H]2C(C(=O)OC)=CN=c3s/c(=C\c4cc(Cl)c(OCC)c(Br)c4)c(=O)n32)cc1OCC. The molecule has 0 saturated heterocycles. The van der Waals surface area contributed by atoms with Crippen molar-refractivity contribution in [3.05, 3.63) is 82.4 Å². The molecule has 1 atom stereocenters. The lowest BCUT2D eigenvalue weighted by atomic mass is 9.97. The Hall–Kier alpha value is -3.08. The molecular formula is C27H26BrClN2O6S. The van der Waals surface area contributed by atoms with Crippen molar-refractivity contribution in [1.29, 1.82) is 0 Å². The second kappa shape index (κ2) is 12.2. The van der Waals surface area contributed by atoms with Gasteiger partial charge < -0.3 is 18.9 Å². The number of fused-ring (bicyclic) bond motifs is 1. The summed E-state index contributed by atoms with van der Waals surface area (Å²) in [6, 6.07) is 8.14. The number of benzene rings is 2. The molecule has 4 rings (SSSR count). The molecule has 0 radical (unpaired) electrons. The Morgan fingerprint density at radius 2 is 1.82 bits per heavy atom. The van der Waals surface area contributed by atoms with Crippen molar-refractivity contribution in [3.8, 4) is 17.2 Å². The summed E-state index contributed by atoms with van der Waals surface area (Å²) in [6.45, 7) is 6.99. The Kier molecular flexibility index (Phi) is 8.96. The highest BCUT2D eigenvalue weighted by atomic mass is 79.9. The molecule has 1 aliphatic rings. The van der Waals surface area contributed by atoms with Crippen LogP contribution in [0.5, 0.6) is 17.2 Å². The van der Waals surface area contributed by atoms with Gasteiger partial charge >= 0.3 is 5.97 Å². The Labute approximate surface area is 236 Å². The van der Waals surface area contributed by atoms with Crippen molar-refractivity contribution in [1.82, 2.24) is 4.57 Å². The lowest BCUT2D eigenvalue weighted by molar-refractivity contribution is -0.136. The third kappa shape index (κ3) is 5.52. The summed E-state index contributed by atoms with van der Waals surface area (Å²) < 4.78 is 24.7. The van der Waals surface area contributed by atoms with E-state index in [2.05, 4.69) is 20.9 Å². The predicted octanol–water partition coefficient (Wildman–Crippen LogP) is 4.63. The topological polar surface area (TPSA) is 88.4 Å². The number of nitrogens with zero attached hydrogens (tertiary/aromatic N) is 2. The first kappa shape index (κ1) is 27.9. The minimum Gasteiger partial charge on any atom is -0.491 e. The van der Waals surface area contributed by atoms with E-state index in [0.29, 0.717) is 67.0 Å². The number of rotatable bonds is 9. The molecular weight excluding hydrogens is 596 g/mol. The molecule has 0 spiro atoms. The Morgan fingerprint density at radius 1 is 1.11 bits per heavy atom. The number of methoxy groups -OCH3 is 1. The first-order valence-corrected chi connectivity index (χ1v) is 13.9. The number of hydrogen-bond acceptors (Lipinski definition) is 8. The van der Waals surface area contributed by atoms with E-state index in [1.807, 2.05) is 26.8 Å². The molecule has 0 unspecified atom stereocenters. The summed E-state index contributed by atoms with van der Waals surface area (Å²) >= 11 is 11.1. The van der Waals surface area contributed by atoms with Crippen LogP contribution in [0.2, 0.25) is 5.02 Å². The Balaban J connectivity index is 1.88. The summed E-state index contributed by atoms with van der Waals surface area (Å²) in [5.74, 6) is 1.05. The molecule has 0 aliphatic carbocycles. The van der Waals surface area contributed by atoms with Crippen molar-refractivity contribution in [2.45, 2.75) is 26.8 Å². The van der Waals surface area contributed by atoms with Crippen LogP contribution in [0.3, 0.4) is 0 Å². The zero-order valence-electron chi connectivity index (χ0n) is 21.2. The average Bonchev–Trinajstić information content (AvgIpc) is 3.21. The van der Waals surface area contributed by atoms with Crippen molar-refractivity contribution in [2.24, 2.45) is 4.99 Å². The van der Waals surface area contributed by atoms with E-state index < -0.39 is 12.0 Å². The van der Waals surface area contributed by atoms with Gasteiger partial charge in [-0.15, -0.1) is 0 Å². The van der Waals surface area contributed by atoms with Crippen LogP contribution in [0.15, 0.2) is 56.4 Å². The lowest BCUT2D eigenvalue weighted by Crippen LogP contribution is -2.39. The summed E-state index contributed by atoms with van der Waals surface area (Å²) in [5, 5.41) is 0.420. The molecule has 200 valence electrons. The molecule has 0 fully saturated rings. The molecule has 2 aromatic carbocycles. The molecule has 0 amide bonds. The van der Waals surface area contributed by atoms with Crippen molar-refractivity contribution < 1.29 is 23.7 Å². The minimum absolute atomic E-state index is 0.227. The van der Waals surface area contributed by atoms with Gasteiger partial charge in [-0.05, 0) is 78.2 Å². The normalized spacial score (nSPS) is 14.8. The van der Waals surface area contributed by atoms with E-state index in [-0.39, 0.29) is 11.1 Å². The van der Waals surface area contributed by atoms with Crippen LogP contribution >= 0.6 is 38.9 Å². The molecule has 0 saturated carbocycles. The van der Waals surface area contributed by atoms with Gasteiger partial charge in [-0.25, -0.2) is 9.79 Å². The Bertz CT molecular complexity index is 1560. The van der Waals surface area contributed by atoms with Crippen LogP contribution < -0.4 is 29.1 Å². The maximum absolute atomic E-state index is 13.8. The third-order valence-corrected chi connectivity index (χ3v) is 7.48. The Morgan fingerprint density at radius 3 is 2.47 bits per heavy atom. The van der Waals surface area contributed by atoms with Gasteiger partial charge in [0, 0.05) is 6.20 Å². The molecule has 3 aromatic rings. The molecule has 0 N–H and O–H groups in total. The van der Waals surface area contributed by atoms with E-state index in [9.17, 15) is 9.59 Å². The lowest BCUT2D eigenvalue weighted by Gasteiger charge is -2.23. The maximum atomic E-state index is 13.8. The minimum atomic E-state index is -0.772. The smallest absolute Gasteiger partial charge is 0.337 e. The van der Waals surface area contributed by atoms with Crippen molar-refractivity contribution >= 4 is 50.9 Å². The zero-order chi connectivity index (χ0) is 27.4. The molecule has 2 heterocycles. The molecule has 11 heteroatoms. The number of ether oxygens (including phenoxy) is 4. The summed E-state index contributed by atoms with van der Waals surface area (Å²) in [5.41, 5.74) is 1.29. The van der Waals surface area contributed by atoms with Crippen molar-refractivity contribution in [2.75, 3.05) is 26.9 Å². The fourth-order valence-electron chi connectivity index (χ4n) is 4.08. The van der Waals surface area contributed by atoms with Crippen molar-refractivity contribution in [3.63, 3.8) is 0 Å². The summed E-state index contributed by atoms with van der Waals surface area (Å²) in [4.78, 5) is 31.4. The molecule has 1 aromatic heterocycles. The van der Waals surface area contributed by atoms with Gasteiger partial charge in [0.15, 0.2) is 22.0 Å². The molecule has 38 heavy (non-hydrogen) atoms. The first-order chi connectivity index (χ1) is 18.3. The second-order valence-corrected chi connectivity index (χ2v) is 10.3. The number of esters is 1. The van der Waals surface area contributed by atoms with E-state index >= 15 is 0 Å². The summed E-state index contributed by atoms with van der Waals surface area (Å²) in [6.07, 6.45) is 3.19. The predicted molar refractivity (Wildman–Crippen MR) is 150 cm³/mol. The highest BCUT2D eigenvalue weighted by Gasteiger charge is 2.31. The largest absolute Gasteiger partial charge is 0.491 e. The number of carbonyl (C=O) groups excluding carboxylic acids is 1. The van der Waals surface area contributed by atoms with Crippen LogP contribution in [0, 0.1) is 0 Å². The van der Waals surface area contributed by atoms with Gasteiger partial charge in [-0.1, -0.05) is 29.0 Å². The number of thiazole rings is 1. The maximum Gasteiger partial charge on any atom is 0.337 e. The monoisotopic (exact) mass is 620 g/mol. The van der Waals surface area contributed by atoms with E-state index in [1.165, 1.54) is 29.2 Å². The molecule has 0 bridgehead atoms. The van der Waals surface area contributed by atoms with Crippen LogP contribution in [-0.4, -0.2) is 37.5 Å². The second-order valence-electron chi connectivity index (χ2n) is 7.99. The van der Waals surface area contributed by atoms with E-state index in [1.54, 1.807) is 30.3 Å². The van der Waals surface area contributed by atoms with Gasteiger partial charge in [-0.2, -0.15) is 0 Å². The third-order valence-electron chi connectivity index (χ3n) is 5.62. The highest BCUT2D eigenvalue weighted by molar-refractivity contribution is 9.10. The fourth-order valence-corrected chi connectivity index (χ4v) is 6.04. The van der Waals surface area contributed by atoms with Crippen LogP contribution in [0.25, 0.3) is 6.08 Å². The number of aromatic nitrogens is 1. The number of carbonyl (C=O) groups is 1. The molecule has 1 aliphatic heterocycles. The standard InChI is InChI=1S/C27H26BrClN2O6S/c1-5-35-20-9-8-16(13-21(20)36-6-2)23-17(26(33)34-4)14-30-27-31(23)25(32)22(38-27)12-15-10-18(28)24(37-7-3)19(29)11-15/h8-14,23H,5-7H2,1-4H3/b22-12-/t23-/m0/s1. The zero-order valence-corrected chi connectivity index (χ0v) is 24.4. The van der Waals surface area contributed by atoms with Gasteiger partial charge in [0.05, 0.1) is 52.6 Å². The van der Waals surface area contributed by atoms with Crippen LogP contribution in [0.1, 0.15) is 37.9 Å². The summed E-state index contributed by atoms with van der Waals surface area (Å²) in [7, 11) is 1.29. The number of hydrogen-bond donors (Lipinski definition) is 0. The van der Waals surface area contributed by atoms with Gasteiger partial charge in [-0.3, -0.25) is 9.36 Å². The van der Waals surface area contributed by atoms with E-state index in [0.717, 1.165) is 0 Å². The fraction of sp³-hybridized carbons (Fsp3) is 0.296. The quantitative estimate of drug-likeness (QED) is 0.324. The first-order valence-electron chi connectivity index (χ1n) is 11.9. The molecule has 8 nitrogen and oxygen atoms in total. The van der Waals surface area contributed by atoms with Gasteiger partial charge in [0.2, 0.25) is 0 Å². The van der Waals surface area contributed by atoms with E-state index in [4.69, 9.17) is 30.5 Å². The van der Waals surface area contributed by atoms with Gasteiger partial charge in [0.1, 0.15) is 0 Å². The van der Waals surface area contributed by atoms with Crippen LogP contribution in [0.4, 0.5) is 0 Å². The van der Waals surface area contributed by atoms with Crippen LogP contribution in [-0.2, 0) is 9.53 Å². The highest BCUT2D eigenvalue weighted by Crippen LogP contribution is 2.36. The average molecular weight is 622 g/mol.